The second kappa shape index (κ2) is 10.9. The number of aryl methyl sites for hydroxylation is 2. The van der Waals surface area contributed by atoms with Crippen LogP contribution in [-0.2, 0) is 17.6 Å². The summed E-state index contributed by atoms with van der Waals surface area (Å²) in [6, 6.07) is 16.0. The van der Waals surface area contributed by atoms with E-state index in [0.29, 0.717) is 11.0 Å². The number of aromatic nitrogens is 4. The summed E-state index contributed by atoms with van der Waals surface area (Å²) in [7, 11) is 0. The molecule has 0 fully saturated rings. The lowest BCUT2D eigenvalue weighted by atomic mass is 10.0. The van der Waals surface area contributed by atoms with E-state index in [1.807, 2.05) is 22.8 Å². The van der Waals surface area contributed by atoms with Gasteiger partial charge in [-0.05, 0) is 42.2 Å². The molecule has 0 atom stereocenters. The molecule has 1 amide bonds. The van der Waals surface area contributed by atoms with Gasteiger partial charge in [0, 0.05) is 24.0 Å². The van der Waals surface area contributed by atoms with Crippen molar-refractivity contribution >= 4 is 29.0 Å². The van der Waals surface area contributed by atoms with Crippen molar-refractivity contribution in [3.8, 4) is 17.1 Å². The van der Waals surface area contributed by atoms with E-state index >= 15 is 0 Å². The third kappa shape index (κ3) is 5.22. The molecule has 0 aliphatic heterocycles. The van der Waals surface area contributed by atoms with Crippen LogP contribution in [-0.4, -0.2) is 36.3 Å². The Morgan fingerprint density at radius 3 is 2.43 bits per heavy atom. The highest BCUT2D eigenvalue weighted by atomic mass is 32.2. The van der Waals surface area contributed by atoms with Gasteiger partial charge in [-0.2, -0.15) is 0 Å². The number of nitro groups is 1. The molecule has 4 aromatic rings. The van der Waals surface area contributed by atoms with Gasteiger partial charge in [0.1, 0.15) is 5.69 Å². The van der Waals surface area contributed by atoms with Crippen LogP contribution in [0.5, 0.6) is 0 Å². The lowest BCUT2D eigenvalue weighted by molar-refractivity contribution is -0.383. The number of carbonyl (C=O) groups is 1. The highest BCUT2D eigenvalue weighted by Gasteiger charge is 2.22. The van der Waals surface area contributed by atoms with E-state index in [1.165, 1.54) is 23.9 Å². The summed E-state index contributed by atoms with van der Waals surface area (Å²) in [5.41, 5.74) is 4.09. The Kier molecular flexibility index (Phi) is 7.51. The SMILES string of the molecule is CCc1cccc(CC)c1-n1c(SCC(=O)Nc2ccccc2[N+](=O)[O-])nnc1-c1cccnc1. The molecule has 2 aromatic carbocycles. The molecule has 0 aliphatic rings. The molecule has 0 bridgehead atoms. The molecule has 2 aromatic heterocycles. The molecule has 178 valence electrons. The Hall–Kier alpha value is -4.05. The van der Waals surface area contributed by atoms with Crippen molar-refractivity contribution in [2.75, 3.05) is 11.1 Å². The highest BCUT2D eigenvalue weighted by Crippen LogP contribution is 2.32. The standard InChI is InChI=1S/C25H24N6O3S/c1-3-17-9-7-10-18(4-2)23(17)30-24(19-11-8-14-26-15-19)28-29-25(30)35-16-22(32)27-20-12-5-6-13-21(20)31(33)34/h5-15H,3-4,16H2,1-2H3,(H,27,32). The molecular formula is C25H24N6O3S. The van der Waals surface area contributed by atoms with Crippen molar-refractivity contribution in [1.82, 2.24) is 19.7 Å². The molecular weight excluding hydrogens is 464 g/mol. The molecule has 10 heteroatoms. The van der Waals surface area contributed by atoms with Crippen LogP contribution in [0.4, 0.5) is 11.4 Å². The summed E-state index contributed by atoms with van der Waals surface area (Å²) in [4.78, 5) is 27.7. The first kappa shape index (κ1) is 24.1. The Morgan fingerprint density at radius 2 is 1.77 bits per heavy atom. The zero-order chi connectivity index (χ0) is 24.8. The molecule has 0 saturated carbocycles. The summed E-state index contributed by atoms with van der Waals surface area (Å²) in [5, 5.41) is 23.3. The largest absolute Gasteiger partial charge is 0.320 e. The number of benzene rings is 2. The molecule has 0 radical (unpaired) electrons. The molecule has 0 unspecified atom stereocenters. The lowest BCUT2D eigenvalue weighted by Gasteiger charge is -2.17. The highest BCUT2D eigenvalue weighted by molar-refractivity contribution is 7.99. The number of thioether (sulfide) groups is 1. The van der Waals surface area contributed by atoms with Crippen LogP contribution < -0.4 is 5.32 Å². The quantitative estimate of drug-likeness (QED) is 0.198. The van der Waals surface area contributed by atoms with Crippen LogP contribution in [0.3, 0.4) is 0 Å². The second-order valence-corrected chi connectivity index (χ2v) is 8.57. The molecule has 2 heterocycles. The minimum absolute atomic E-state index is 0.00692. The first-order valence-corrected chi connectivity index (χ1v) is 12.1. The van der Waals surface area contributed by atoms with Gasteiger partial charge in [-0.3, -0.25) is 24.5 Å². The zero-order valence-electron chi connectivity index (χ0n) is 19.3. The maximum Gasteiger partial charge on any atom is 0.292 e. The van der Waals surface area contributed by atoms with E-state index in [0.717, 1.165) is 35.2 Å². The maximum absolute atomic E-state index is 12.7. The van der Waals surface area contributed by atoms with E-state index in [1.54, 1.807) is 24.5 Å². The summed E-state index contributed by atoms with van der Waals surface area (Å²) in [6.45, 7) is 4.19. The van der Waals surface area contributed by atoms with Crippen LogP contribution in [0.2, 0.25) is 0 Å². The fourth-order valence-corrected chi connectivity index (χ4v) is 4.54. The van der Waals surface area contributed by atoms with Crippen LogP contribution in [0.1, 0.15) is 25.0 Å². The Balaban J connectivity index is 1.69. The van der Waals surface area contributed by atoms with E-state index in [4.69, 9.17) is 0 Å². The third-order valence-corrected chi connectivity index (χ3v) is 6.38. The number of anilines is 1. The number of nitrogens with one attached hydrogen (secondary N) is 1. The fraction of sp³-hybridized carbons (Fsp3) is 0.200. The minimum Gasteiger partial charge on any atom is -0.320 e. The van der Waals surface area contributed by atoms with Gasteiger partial charge in [0.15, 0.2) is 11.0 Å². The van der Waals surface area contributed by atoms with Gasteiger partial charge in [0.05, 0.1) is 16.4 Å². The number of pyridine rings is 1. The van der Waals surface area contributed by atoms with Crippen LogP contribution in [0.25, 0.3) is 17.1 Å². The number of hydrogen-bond acceptors (Lipinski definition) is 7. The van der Waals surface area contributed by atoms with Gasteiger partial charge in [-0.15, -0.1) is 10.2 Å². The summed E-state index contributed by atoms with van der Waals surface area (Å²) < 4.78 is 1.98. The molecule has 9 nitrogen and oxygen atoms in total. The van der Waals surface area contributed by atoms with Crippen molar-refractivity contribution in [2.45, 2.75) is 31.8 Å². The van der Waals surface area contributed by atoms with Crippen molar-refractivity contribution in [1.29, 1.82) is 0 Å². The van der Waals surface area contributed by atoms with Gasteiger partial charge in [0.25, 0.3) is 5.69 Å². The zero-order valence-corrected chi connectivity index (χ0v) is 20.2. The van der Waals surface area contributed by atoms with Gasteiger partial charge in [0.2, 0.25) is 5.91 Å². The Morgan fingerprint density at radius 1 is 1.03 bits per heavy atom. The Labute approximate surface area is 206 Å². The minimum atomic E-state index is -0.520. The van der Waals surface area contributed by atoms with Crippen LogP contribution >= 0.6 is 11.8 Å². The monoisotopic (exact) mass is 488 g/mol. The number of nitrogens with zero attached hydrogens (tertiary/aromatic N) is 5. The van der Waals surface area contributed by atoms with Crippen molar-refractivity contribution < 1.29 is 9.72 Å². The van der Waals surface area contributed by atoms with Gasteiger partial charge >= 0.3 is 0 Å². The normalized spacial score (nSPS) is 10.8. The third-order valence-electron chi connectivity index (χ3n) is 5.45. The fourth-order valence-electron chi connectivity index (χ4n) is 3.80. The molecule has 35 heavy (non-hydrogen) atoms. The molecule has 0 saturated heterocycles. The number of amides is 1. The lowest BCUT2D eigenvalue weighted by Crippen LogP contribution is -2.16. The molecule has 1 N–H and O–H groups in total. The first-order chi connectivity index (χ1) is 17.0. The summed E-state index contributed by atoms with van der Waals surface area (Å²) in [6.07, 6.45) is 5.06. The molecule has 0 spiro atoms. The smallest absolute Gasteiger partial charge is 0.292 e. The van der Waals surface area contributed by atoms with Crippen molar-refractivity contribution in [3.05, 3.63) is 88.2 Å². The predicted octanol–water partition coefficient (Wildman–Crippen LogP) is 5.09. The van der Waals surface area contributed by atoms with Crippen LogP contribution in [0, 0.1) is 10.1 Å². The number of carbonyl (C=O) groups excluding carboxylic acids is 1. The summed E-state index contributed by atoms with van der Waals surface area (Å²) in [5.74, 6) is 0.268. The number of hydrogen-bond donors (Lipinski definition) is 1. The van der Waals surface area contributed by atoms with E-state index in [-0.39, 0.29) is 23.0 Å². The molecule has 0 aliphatic carbocycles. The maximum atomic E-state index is 12.7. The van der Waals surface area contributed by atoms with Gasteiger partial charge in [-0.25, -0.2) is 0 Å². The van der Waals surface area contributed by atoms with Crippen molar-refractivity contribution in [2.24, 2.45) is 0 Å². The van der Waals surface area contributed by atoms with Crippen molar-refractivity contribution in [3.63, 3.8) is 0 Å². The van der Waals surface area contributed by atoms with Crippen LogP contribution in [0.15, 0.2) is 72.1 Å². The average Bonchev–Trinajstić information content (AvgIpc) is 3.31. The second-order valence-electron chi connectivity index (χ2n) is 7.63. The number of rotatable bonds is 9. The first-order valence-electron chi connectivity index (χ1n) is 11.2. The number of nitro benzene ring substituents is 1. The van der Waals surface area contributed by atoms with E-state index in [9.17, 15) is 14.9 Å². The van der Waals surface area contributed by atoms with E-state index < -0.39 is 4.92 Å². The molecule has 4 rings (SSSR count). The average molecular weight is 489 g/mol. The number of para-hydroxylation sites is 3. The predicted molar refractivity (Wildman–Crippen MR) is 136 cm³/mol. The van der Waals surface area contributed by atoms with E-state index in [2.05, 4.69) is 46.5 Å². The summed E-state index contributed by atoms with van der Waals surface area (Å²) >= 11 is 1.22. The van der Waals surface area contributed by atoms with Gasteiger partial charge in [-0.1, -0.05) is 55.9 Å². The Bertz CT molecular complexity index is 1330. The van der Waals surface area contributed by atoms with Gasteiger partial charge < -0.3 is 5.32 Å². The topological polar surface area (TPSA) is 116 Å².